The Kier molecular flexibility index (Phi) is 2.92. The molecule has 64 valence electrons. The van der Waals surface area contributed by atoms with E-state index in [-0.39, 0.29) is 0 Å². The number of hydrogen-bond acceptors (Lipinski definition) is 2. The van der Waals surface area contributed by atoms with Gasteiger partial charge in [0, 0.05) is 12.6 Å². The first-order valence-corrected chi connectivity index (χ1v) is 4.57. The topological polar surface area (TPSA) is 15.6 Å². The summed E-state index contributed by atoms with van der Waals surface area (Å²) in [4.78, 5) is 6.75. The third-order valence-corrected chi connectivity index (χ3v) is 2.48. The van der Waals surface area contributed by atoms with Crippen molar-refractivity contribution >= 4 is 6.34 Å². The average Bonchev–Trinajstić information content (AvgIpc) is 2.50. The van der Waals surface area contributed by atoms with Gasteiger partial charge in [-0.25, -0.2) is 0 Å². The van der Waals surface area contributed by atoms with E-state index in [2.05, 4.69) is 30.7 Å². The van der Waals surface area contributed by atoms with Crippen molar-refractivity contribution in [2.24, 2.45) is 4.99 Å². The molecule has 0 amide bonds. The first-order valence-electron chi connectivity index (χ1n) is 4.57. The van der Waals surface area contributed by atoms with Crippen LogP contribution in [0.5, 0.6) is 0 Å². The lowest BCUT2D eigenvalue weighted by molar-refractivity contribution is 0.334. The fourth-order valence-corrected chi connectivity index (χ4v) is 1.28. The van der Waals surface area contributed by atoms with Gasteiger partial charge in [-0.15, -0.1) is 0 Å². The van der Waals surface area contributed by atoms with Crippen molar-refractivity contribution in [2.45, 2.75) is 45.7 Å². The molecular formula is C9H18N2. The molecule has 1 aliphatic rings. The molecule has 0 saturated heterocycles. The van der Waals surface area contributed by atoms with Crippen LogP contribution in [-0.4, -0.2) is 29.9 Å². The lowest BCUT2D eigenvalue weighted by atomic mass is 10.2. The molecule has 1 heterocycles. The molecule has 2 unspecified atom stereocenters. The SMILES string of the molecule is CCC1CN(C(C)CC)C=N1. The van der Waals surface area contributed by atoms with Crippen molar-refractivity contribution in [3.63, 3.8) is 0 Å². The Balaban J connectivity index is 2.36. The van der Waals surface area contributed by atoms with E-state index >= 15 is 0 Å². The van der Waals surface area contributed by atoms with Gasteiger partial charge in [0.05, 0.1) is 12.4 Å². The van der Waals surface area contributed by atoms with Crippen LogP contribution in [0.2, 0.25) is 0 Å². The summed E-state index contributed by atoms with van der Waals surface area (Å²) in [6.07, 6.45) is 4.40. The van der Waals surface area contributed by atoms with E-state index in [1.54, 1.807) is 0 Å². The summed E-state index contributed by atoms with van der Waals surface area (Å²) < 4.78 is 0. The van der Waals surface area contributed by atoms with Gasteiger partial charge in [-0.1, -0.05) is 13.8 Å². The molecule has 2 nitrogen and oxygen atoms in total. The molecule has 0 saturated carbocycles. The third kappa shape index (κ3) is 1.95. The molecule has 0 aromatic carbocycles. The zero-order chi connectivity index (χ0) is 8.27. The van der Waals surface area contributed by atoms with Gasteiger partial charge in [-0.05, 0) is 19.8 Å². The lowest BCUT2D eigenvalue weighted by Gasteiger charge is -2.22. The van der Waals surface area contributed by atoms with E-state index in [0.29, 0.717) is 12.1 Å². The first kappa shape index (κ1) is 8.57. The minimum absolute atomic E-state index is 0.559. The number of rotatable bonds is 3. The summed E-state index contributed by atoms with van der Waals surface area (Å²) in [5.74, 6) is 0. The Labute approximate surface area is 69.3 Å². The van der Waals surface area contributed by atoms with Crippen LogP contribution in [0.4, 0.5) is 0 Å². The highest BCUT2D eigenvalue weighted by molar-refractivity contribution is 5.58. The molecule has 0 fully saturated rings. The summed E-state index contributed by atoms with van der Waals surface area (Å²) in [5, 5.41) is 0. The van der Waals surface area contributed by atoms with Crippen molar-refractivity contribution in [3.05, 3.63) is 0 Å². The molecular weight excluding hydrogens is 136 g/mol. The Morgan fingerprint density at radius 2 is 2.36 bits per heavy atom. The predicted octanol–water partition coefficient (Wildman–Crippen LogP) is 1.91. The van der Waals surface area contributed by atoms with Crippen LogP contribution in [-0.2, 0) is 0 Å². The summed E-state index contributed by atoms with van der Waals surface area (Å²) in [5.41, 5.74) is 0. The zero-order valence-corrected chi connectivity index (χ0v) is 7.75. The Morgan fingerprint density at radius 1 is 1.64 bits per heavy atom. The largest absolute Gasteiger partial charge is 0.358 e. The second-order valence-electron chi connectivity index (χ2n) is 3.28. The van der Waals surface area contributed by atoms with E-state index in [4.69, 9.17) is 0 Å². The summed E-state index contributed by atoms with van der Waals surface area (Å²) in [6, 6.07) is 1.22. The van der Waals surface area contributed by atoms with E-state index in [1.807, 2.05) is 6.34 Å². The van der Waals surface area contributed by atoms with Crippen molar-refractivity contribution in [3.8, 4) is 0 Å². The molecule has 2 atom stereocenters. The van der Waals surface area contributed by atoms with E-state index in [9.17, 15) is 0 Å². The van der Waals surface area contributed by atoms with Crippen LogP contribution in [0.1, 0.15) is 33.6 Å². The van der Waals surface area contributed by atoms with Gasteiger partial charge in [0.25, 0.3) is 0 Å². The van der Waals surface area contributed by atoms with Gasteiger partial charge in [0.15, 0.2) is 0 Å². The van der Waals surface area contributed by atoms with Crippen molar-refractivity contribution in [2.75, 3.05) is 6.54 Å². The Bertz CT molecular complexity index is 142. The number of nitrogens with zero attached hydrogens (tertiary/aromatic N) is 2. The molecule has 0 aromatic heterocycles. The van der Waals surface area contributed by atoms with Crippen molar-refractivity contribution in [1.29, 1.82) is 0 Å². The molecule has 11 heavy (non-hydrogen) atoms. The van der Waals surface area contributed by atoms with Crippen LogP contribution in [0, 0.1) is 0 Å². The minimum atomic E-state index is 0.559. The van der Waals surface area contributed by atoms with Crippen LogP contribution in [0.15, 0.2) is 4.99 Å². The van der Waals surface area contributed by atoms with Gasteiger partial charge >= 0.3 is 0 Å². The van der Waals surface area contributed by atoms with E-state index in [1.165, 1.54) is 12.8 Å². The lowest BCUT2D eigenvalue weighted by Crippen LogP contribution is -2.31. The van der Waals surface area contributed by atoms with Crippen LogP contribution in [0.3, 0.4) is 0 Å². The van der Waals surface area contributed by atoms with Gasteiger partial charge in [0.2, 0.25) is 0 Å². The molecule has 0 aliphatic carbocycles. The number of hydrogen-bond donors (Lipinski definition) is 0. The highest BCUT2D eigenvalue weighted by Crippen LogP contribution is 2.11. The number of aliphatic imine (C=N–C) groups is 1. The van der Waals surface area contributed by atoms with Gasteiger partial charge < -0.3 is 4.90 Å². The highest BCUT2D eigenvalue weighted by Gasteiger charge is 2.18. The normalized spacial score (nSPS) is 26.1. The molecule has 0 bridgehead atoms. The Morgan fingerprint density at radius 3 is 2.82 bits per heavy atom. The maximum atomic E-state index is 4.41. The summed E-state index contributed by atoms with van der Waals surface area (Å²) >= 11 is 0. The van der Waals surface area contributed by atoms with Crippen LogP contribution < -0.4 is 0 Å². The molecule has 1 aliphatic heterocycles. The first-order chi connectivity index (χ1) is 5.27. The van der Waals surface area contributed by atoms with Gasteiger partial charge in [-0.3, -0.25) is 4.99 Å². The second kappa shape index (κ2) is 3.74. The van der Waals surface area contributed by atoms with Crippen LogP contribution >= 0.6 is 0 Å². The summed E-state index contributed by atoms with van der Waals surface area (Å²) in [7, 11) is 0. The van der Waals surface area contributed by atoms with E-state index in [0.717, 1.165) is 6.54 Å². The van der Waals surface area contributed by atoms with Crippen molar-refractivity contribution < 1.29 is 0 Å². The molecule has 0 aromatic rings. The average molecular weight is 154 g/mol. The Hall–Kier alpha value is -0.530. The standard InChI is InChI=1S/C9H18N2/c1-4-8(3)11-6-9(5-2)10-7-11/h7-9H,4-6H2,1-3H3. The molecule has 0 radical (unpaired) electrons. The monoisotopic (exact) mass is 154 g/mol. The zero-order valence-electron chi connectivity index (χ0n) is 7.75. The van der Waals surface area contributed by atoms with E-state index < -0.39 is 0 Å². The third-order valence-electron chi connectivity index (χ3n) is 2.48. The maximum Gasteiger partial charge on any atom is 0.0857 e. The predicted molar refractivity (Wildman–Crippen MR) is 49.0 cm³/mol. The second-order valence-corrected chi connectivity index (χ2v) is 3.28. The minimum Gasteiger partial charge on any atom is -0.358 e. The molecule has 0 N–H and O–H groups in total. The van der Waals surface area contributed by atoms with Gasteiger partial charge in [-0.2, -0.15) is 0 Å². The fraction of sp³-hybridized carbons (Fsp3) is 0.889. The fourth-order valence-electron chi connectivity index (χ4n) is 1.28. The van der Waals surface area contributed by atoms with Crippen molar-refractivity contribution in [1.82, 2.24) is 4.90 Å². The smallest absolute Gasteiger partial charge is 0.0857 e. The van der Waals surface area contributed by atoms with Gasteiger partial charge in [0.1, 0.15) is 0 Å². The molecule has 1 rings (SSSR count). The highest BCUT2D eigenvalue weighted by atomic mass is 15.2. The molecule has 2 heteroatoms. The maximum absolute atomic E-state index is 4.41. The summed E-state index contributed by atoms with van der Waals surface area (Å²) in [6.45, 7) is 7.80. The molecule has 0 spiro atoms. The quantitative estimate of drug-likeness (QED) is 0.606. The van der Waals surface area contributed by atoms with Crippen LogP contribution in [0.25, 0.3) is 0 Å².